The van der Waals surface area contributed by atoms with E-state index in [2.05, 4.69) is 13.2 Å². The smallest absolute Gasteiger partial charge is 0.313 e. The number of likely N-dealkylation sites (tertiary alicyclic amines) is 1. The van der Waals surface area contributed by atoms with Crippen LogP contribution in [-0.4, -0.2) is 77.9 Å². The van der Waals surface area contributed by atoms with Crippen LogP contribution in [0.1, 0.15) is 33.1 Å². The quantitative estimate of drug-likeness (QED) is 0.359. The van der Waals surface area contributed by atoms with Crippen molar-refractivity contribution in [2.45, 2.75) is 56.4 Å². The van der Waals surface area contributed by atoms with Gasteiger partial charge in [-0.15, -0.1) is 6.58 Å². The molecule has 3 fully saturated rings. The van der Waals surface area contributed by atoms with Crippen molar-refractivity contribution in [2.24, 2.45) is 11.8 Å². The molecule has 1 aromatic rings. The van der Waals surface area contributed by atoms with E-state index >= 15 is 0 Å². The number of hydrogen-bond acceptors (Lipinski definition) is 7. The number of methoxy groups -OCH3 is 1. The average Bonchev–Trinajstić information content (AvgIpc) is 3.47. The van der Waals surface area contributed by atoms with Gasteiger partial charge < -0.3 is 29.1 Å². The first-order chi connectivity index (χ1) is 17.7. The number of ether oxygens (including phenoxy) is 3. The monoisotopic (exact) mass is 512 g/mol. The summed E-state index contributed by atoms with van der Waals surface area (Å²) in [6, 6.07) is 5.41. The third kappa shape index (κ3) is 4.14. The second-order valence-electron chi connectivity index (χ2n) is 10.1. The van der Waals surface area contributed by atoms with Crippen LogP contribution in [-0.2, 0) is 23.9 Å². The van der Waals surface area contributed by atoms with Gasteiger partial charge in [-0.05, 0) is 50.5 Å². The Morgan fingerprint density at radius 1 is 1.27 bits per heavy atom. The van der Waals surface area contributed by atoms with E-state index in [-0.39, 0.29) is 31.6 Å². The molecule has 0 radical (unpaired) electrons. The highest BCUT2D eigenvalue weighted by Gasteiger charge is 2.79. The van der Waals surface area contributed by atoms with Gasteiger partial charge in [0.05, 0.1) is 31.3 Å². The molecule has 0 aliphatic carbocycles. The number of benzene rings is 1. The highest BCUT2D eigenvalue weighted by molar-refractivity contribution is 6.05. The van der Waals surface area contributed by atoms with Gasteiger partial charge in [0.25, 0.3) is 5.91 Å². The lowest BCUT2D eigenvalue weighted by Gasteiger charge is -2.39. The van der Waals surface area contributed by atoms with E-state index in [4.69, 9.17) is 14.2 Å². The Morgan fingerprint density at radius 3 is 2.54 bits per heavy atom. The number of esters is 1. The molecule has 1 aromatic carbocycles. The van der Waals surface area contributed by atoms with Crippen molar-refractivity contribution < 1.29 is 33.7 Å². The van der Waals surface area contributed by atoms with E-state index < -0.39 is 41.1 Å². The Bertz CT molecular complexity index is 1070. The molecule has 2 bridgehead atoms. The summed E-state index contributed by atoms with van der Waals surface area (Å²) in [5, 5.41) is 10.2. The maximum atomic E-state index is 14.4. The third-order valence-electron chi connectivity index (χ3n) is 8.08. The Morgan fingerprint density at radius 2 is 1.97 bits per heavy atom. The molecule has 0 aromatic heterocycles. The summed E-state index contributed by atoms with van der Waals surface area (Å²) in [6.07, 6.45) is 4.46. The van der Waals surface area contributed by atoms with Crippen molar-refractivity contribution >= 4 is 23.5 Å². The van der Waals surface area contributed by atoms with Crippen LogP contribution in [0.15, 0.2) is 49.6 Å². The molecule has 37 heavy (non-hydrogen) atoms. The van der Waals surface area contributed by atoms with Gasteiger partial charge >= 0.3 is 5.97 Å². The molecule has 0 saturated carbocycles. The molecule has 3 aliphatic heterocycles. The zero-order valence-electron chi connectivity index (χ0n) is 21.7. The fourth-order valence-corrected chi connectivity index (χ4v) is 6.40. The van der Waals surface area contributed by atoms with Crippen LogP contribution < -0.4 is 9.64 Å². The summed E-state index contributed by atoms with van der Waals surface area (Å²) in [4.78, 5) is 44.7. The SMILES string of the molecule is C=CCOC(=O)[C@@H]1[C@H]2C(=O)N([C@@H](CC)CO)C(C(=O)N(CC=C)c3ccc(OC)cc3)C23CC[C@@]1(C)O3. The van der Waals surface area contributed by atoms with E-state index in [1.807, 2.05) is 13.8 Å². The van der Waals surface area contributed by atoms with Crippen LogP contribution in [0.25, 0.3) is 0 Å². The van der Waals surface area contributed by atoms with Gasteiger partial charge in [-0.25, -0.2) is 0 Å². The minimum atomic E-state index is -1.21. The molecule has 4 rings (SSSR count). The number of nitrogens with zero attached hydrogens (tertiary/aromatic N) is 2. The van der Waals surface area contributed by atoms with E-state index in [0.717, 1.165) is 0 Å². The van der Waals surface area contributed by atoms with Gasteiger partial charge in [0, 0.05) is 12.2 Å². The minimum Gasteiger partial charge on any atom is -0.497 e. The number of fused-ring (bicyclic) bond motifs is 1. The van der Waals surface area contributed by atoms with Crippen LogP contribution in [0.2, 0.25) is 0 Å². The van der Waals surface area contributed by atoms with Crippen molar-refractivity contribution in [3.8, 4) is 5.75 Å². The van der Waals surface area contributed by atoms with Crippen LogP contribution in [0.5, 0.6) is 5.75 Å². The highest BCUT2D eigenvalue weighted by atomic mass is 16.6. The molecule has 6 atom stereocenters. The standard InChI is InChI=1S/C28H36N2O7/c1-6-15-29(19-9-11-20(35-5)12-10-19)25(33)23-28-14-13-27(4,37-28)22(26(34)36-16-7-2)21(28)24(32)30(23)18(8-3)17-31/h6-7,9-12,18,21-23,31H,1-2,8,13-17H2,3-5H3/t18-,21-,22-,23?,27+,28?/m0/s1. The molecule has 9 nitrogen and oxygen atoms in total. The molecule has 3 saturated heterocycles. The molecule has 3 aliphatic rings. The summed E-state index contributed by atoms with van der Waals surface area (Å²) in [7, 11) is 1.56. The summed E-state index contributed by atoms with van der Waals surface area (Å²) in [5.74, 6) is -2.36. The number of aliphatic hydroxyl groups is 1. The molecule has 2 amide bonds. The summed E-state index contributed by atoms with van der Waals surface area (Å²) >= 11 is 0. The van der Waals surface area contributed by atoms with Gasteiger partial charge in [0.15, 0.2) is 0 Å². The number of hydrogen-bond donors (Lipinski definition) is 1. The lowest BCUT2D eigenvalue weighted by atomic mass is 9.66. The molecule has 3 heterocycles. The van der Waals surface area contributed by atoms with E-state index in [0.29, 0.717) is 30.7 Å². The Labute approximate surface area is 217 Å². The minimum absolute atomic E-state index is 0.0181. The second kappa shape index (κ2) is 10.3. The number of carbonyl (C=O) groups excluding carboxylic acids is 3. The van der Waals surface area contributed by atoms with Crippen molar-refractivity contribution in [2.75, 3.05) is 31.8 Å². The maximum Gasteiger partial charge on any atom is 0.313 e. The van der Waals surface area contributed by atoms with Crippen molar-refractivity contribution in [1.29, 1.82) is 0 Å². The van der Waals surface area contributed by atoms with Crippen molar-refractivity contribution in [3.05, 3.63) is 49.6 Å². The summed E-state index contributed by atoms with van der Waals surface area (Å²) in [5.41, 5.74) is -1.54. The van der Waals surface area contributed by atoms with Crippen molar-refractivity contribution in [1.82, 2.24) is 4.90 Å². The highest BCUT2D eigenvalue weighted by Crippen LogP contribution is 2.63. The van der Waals surface area contributed by atoms with E-state index in [1.165, 1.54) is 11.0 Å². The summed E-state index contributed by atoms with van der Waals surface area (Å²) in [6.45, 7) is 11.0. The van der Waals surface area contributed by atoms with Gasteiger partial charge in [-0.1, -0.05) is 25.7 Å². The molecule has 200 valence electrons. The summed E-state index contributed by atoms with van der Waals surface area (Å²) < 4.78 is 17.2. The number of aliphatic hydroxyl groups excluding tert-OH is 1. The maximum absolute atomic E-state index is 14.4. The first-order valence-electron chi connectivity index (χ1n) is 12.7. The van der Waals surface area contributed by atoms with E-state index in [1.54, 1.807) is 42.4 Å². The molecule has 2 unspecified atom stereocenters. The molecule has 9 heteroatoms. The lowest BCUT2D eigenvalue weighted by Crippen LogP contribution is -2.59. The lowest BCUT2D eigenvalue weighted by molar-refractivity contribution is -0.159. The Balaban J connectivity index is 1.81. The van der Waals surface area contributed by atoms with Gasteiger partial charge in [-0.3, -0.25) is 14.4 Å². The predicted molar refractivity (Wildman–Crippen MR) is 137 cm³/mol. The fraction of sp³-hybridized carbons (Fsp3) is 0.536. The largest absolute Gasteiger partial charge is 0.497 e. The first-order valence-corrected chi connectivity index (χ1v) is 12.7. The zero-order valence-corrected chi connectivity index (χ0v) is 21.7. The van der Waals surface area contributed by atoms with Crippen LogP contribution in [0, 0.1) is 11.8 Å². The van der Waals surface area contributed by atoms with Gasteiger partial charge in [0.2, 0.25) is 5.91 Å². The normalized spacial score (nSPS) is 30.5. The average molecular weight is 513 g/mol. The number of rotatable bonds is 11. The Hall–Kier alpha value is -3.17. The molecular weight excluding hydrogens is 476 g/mol. The predicted octanol–water partition coefficient (Wildman–Crippen LogP) is 2.48. The second-order valence-corrected chi connectivity index (χ2v) is 10.1. The number of amides is 2. The van der Waals surface area contributed by atoms with Crippen LogP contribution >= 0.6 is 0 Å². The molecule has 1 N–H and O–H groups in total. The molecule has 1 spiro atoms. The van der Waals surface area contributed by atoms with Gasteiger partial charge in [0.1, 0.15) is 29.9 Å². The van der Waals surface area contributed by atoms with E-state index in [9.17, 15) is 19.5 Å². The third-order valence-corrected chi connectivity index (χ3v) is 8.08. The molecular formula is C28H36N2O7. The number of anilines is 1. The van der Waals surface area contributed by atoms with Crippen molar-refractivity contribution in [3.63, 3.8) is 0 Å². The Kier molecular flexibility index (Phi) is 7.48. The number of carbonyl (C=O) groups is 3. The topological polar surface area (TPSA) is 106 Å². The fourth-order valence-electron chi connectivity index (χ4n) is 6.40. The van der Waals surface area contributed by atoms with Crippen LogP contribution in [0.3, 0.4) is 0 Å². The first kappa shape index (κ1) is 26.9. The van der Waals surface area contributed by atoms with Crippen LogP contribution in [0.4, 0.5) is 5.69 Å². The van der Waals surface area contributed by atoms with Gasteiger partial charge in [-0.2, -0.15) is 0 Å². The zero-order chi connectivity index (χ0) is 27.0.